The number of nitrogens with zero attached hydrogens (tertiary/aromatic N) is 1. The highest BCUT2D eigenvalue weighted by molar-refractivity contribution is 7.20. The molecular weight excluding hydrogens is 277 g/mol. The van der Waals surface area contributed by atoms with Crippen LogP contribution < -0.4 is 0 Å². The number of Topliss-reactive ketones (excluding diaryl/α,β-unsaturated/α-hetero) is 1. The van der Waals surface area contributed by atoms with E-state index in [4.69, 9.17) is 23.2 Å². The van der Waals surface area contributed by atoms with E-state index in [-0.39, 0.29) is 5.78 Å². The zero-order valence-electron chi connectivity index (χ0n) is 9.71. The topological polar surface area (TPSA) is 20.3 Å². The molecule has 0 aromatic carbocycles. The Labute approximate surface area is 116 Å². The monoisotopic (exact) mass is 291 g/mol. The van der Waals surface area contributed by atoms with Gasteiger partial charge in [0.15, 0.2) is 5.78 Å². The molecule has 1 unspecified atom stereocenters. The Kier molecular flexibility index (Phi) is 4.47. The summed E-state index contributed by atoms with van der Waals surface area (Å²) >= 11 is 13.1. The van der Waals surface area contributed by atoms with Crippen LogP contribution in [0.2, 0.25) is 8.67 Å². The minimum atomic E-state index is 0.0758. The van der Waals surface area contributed by atoms with Gasteiger partial charge in [0, 0.05) is 6.04 Å². The standard InChI is InChI=1S/C12H15Cl2NOS/c1-8-4-2-3-5-15(8)7-10(16)9-6-11(13)17-12(9)14/h6,8H,2-5,7H2,1H3. The molecule has 2 nitrogen and oxygen atoms in total. The van der Waals surface area contributed by atoms with Crippen molar-refractivity contribution in [2.24, 2.45) is 0 Å². The SMILES string of the molecule is CC1CCCCN1CC(=O)c1cc(Cl)sc1Cl. The van der Waals surface area contributed by atoms with Crippen LogP contribution in [0, 0.1) is 0 Å². The van der Waals surface area contributed by atoms with Crippen molar-refractivity contribution in [1.82, 2.24) is 4.90 Å². The lowest BCUT2D eigenvalue weighted by Gasteiger charge is -2.32. The summed E-state index contributed by atoms with van der Waals surface area (Å²) in [7, 11) is 0. The molecule has 0 N–H and O–H groups in total. The van der Waals surface area contributed by atoms with E-state index in [1.807, 2.05) is 0 Å². The first-order valence-electron chi connectivity index (χ1n) is 5.80. The highest BCUT2D eigenvalue weighted by Crippen LogP contribution is 2.31. The van der Waals surface area contributed by atoms with E-state index >= 15 is 0 Å². The molecule has 0 radical (unpaired) electrons. The maximum atomic E-state index is 12.1. The summed E-state index contributed by atoms with van der Waals surface area (Å²) in [6, 6.07) is 2.16. The van der Waals surface area contributed by atoms with Crippen molar-refractivity contribution in [3.05, 3.63) is 20.3 Å². The van der Waals surface area contributed by atoms with Crippen LogP contribution >= 0.6 is 34.5 Å². The third kappa shape index (κ3) is 3.22. The fraction of sp³-hybridized carbons (Fsp3) is 0.583. The van der Waals surface area contributed by atoms with Gasteiger partial charge in [-0.1, -0.05) is 29.6 Å². The number of piperidine rings is 1. The summed E-state index contributed by atoms with van der Waals surface area (Å²) in [5.41, 5.74) is 0.569. The molecule has 2 rings (SSSR count). The van der Waals surface area contributed by atoms with Gasteiger partial charge in [-0.15, -0.1) is 11.3 Å². The normalized spacial score (nSPS) is 21.7. The third-order valence-corrected chi connectivity index (χ3v) is 4.73. The second-order valence-corrected chi connectivity index (χ2v) is 6.76. The number of halogens is 2. The maximum Gasteiger partial charge on any atom is 0.179 e. The highest BCUT2D eigenvalue weighted by atomic mass is 35.5. The lowest BCUT2D eigenvalue weighted by Crippen LogP contribution is -2.40. The van der Waals surface area contributed by atoms with Crippen molar-refractivity contribution in [2.45, 2.75) is 32.2 Å². The number of likely N-dealkylation sites (tertiary alicyclic amines) is 1. The summed E-state index contributed by atoms with van der Waals surface area (Å²) in [5.74, 6) is 0.0758. The molecule has 0 amide bonds. The highest BCUT2D eigenvalue weighted by Gasteiger charge is 2.23. The summed E-state index contributed by atoms with van der Waals surface area (Å²) in [6.45, 7) is 3.63. The molecule has 1 aromatic rings. The molecule has 17 heavy (non-hydrogen) atoms. The number of hydrogen-bond donors (Lipinski definition) is 0. The number of rotatable bonds is 3. The molecule has 1 aliphatic heterocycles. The molecule has 0 spiro atoms. The van der Waals surface area contributed by atoms with Crippen LogP contribution in [0.25, 0.3) is 0 Å². The average Bonchev–Trinajstić information content (AvgIpc) is 2.61. The lowest BCUT2D eigenvalue weighted by molar-refractivity contribution is 0.0861. The Morgan fingerprint density at radius 2 is 2.29 bits per heavy atom. The van der Waals surface area contributed by atoms with Gasteiger partial charge < -0.3 is 0 Å². The first kappa shape index (κ1) is 13.3. The molecule has 2 heterocycles. The molecule has 1 fully saturated rings. The minimum absolute atomic E-state index is 0.0758. The molecule has 1 aromatic heterocycles. The first-order valence-corrected chi connectivity index (χ1v) is 7.37. The summed E-state index contributed by atoms with van der Waals surface area (Å²) in [6.07, 6.45) is 3.61. The lowest BCUT2D eigenvalue weighted by atomic mass is 10.0. The van der Waals surface area contributed by atoms with E-state index in [0.29, 0.717) is 26.8 Å². The van der Waals surface area contributed by atoms with Crippen molar-refractivity contribution >= 4 is 40.3 Å². The van der Waals surface area contributed by atoms with Gasteiger partial charge in [0.1, 0.15) is 4.34 Å². The van der Waals surface area contributed by atoms with Gasteiger partial charge in [-0.05, 0) is 32.4 Å². The fourth-order valence-corrected chi connectivity index (χ4v) is 3.69. The van der Waals surface area contributed by atoms with Gasteiger partial charge in [0.2, 0.25) is 0 Å². The summed E-state index contributed by atoms with van der Waals surface area (Å²) in [5, 5.41) is 0. The van der Waals surface area contributed by atoms with Crippen molar-refractivity contribution in [3.63, 3.8) is 0 Å². The number of ketones is 1. The predicted molar refractivity (Wildman–Crippen MR) is 73.6 cm³/mol. The average molecular weight is 292 g/mol. The van der Waals surface area contributed by atoms with E-state index in [1.54, 1.807) is 6.07 Å². The van der Waals surface area contributed by atoms with Gasteiger partial charge in [-0.25, -0.2) is 0 Å². The van der Waals surface area contributed by atoms with Crippen LogP contribution in [0.15, 0.2) is 6.07 Å². The zero-order chi connectivity index (χ0) is 12.4. The van der Waals surface area contributed by atoms with Crippen LogP contribution in [-0.2, 0) is 0 Å². The summed E-state index contributed by atoms with van der Waals surface area (Å²) in [4.78, 5) is 14.3. The minimum Gasteiger partial charge on any atom is -0.293 e. The van der Waals surface area contributed by atoms with Gasteiger partial charge in [0.25, 0.3) is 0 Å². The van der Waals surface area contributed by atoms with Gasteiger partial charge in [-0.3, -0.25) is 9.69 Å². The van der Waals surface area contributed by atoms with Crippen LogP contribution in [-0.4, -0.2) is 29.8 Å². The van der Waals surface area contributed by atoms with Crippen LogP contribution in [0.4, 0.5) is 0 Å². The van der Waals surface area contributed by atoms with Crippen molar-refractivity contribution < 1.29 is 4.79 Å². The Balaban J connectivity index is 2.03. The van der Waals surface area contributed by atoms with E-state index in [2.05, 4.69) is 11.8 Å². The predicted octanol–water partition coefficient (Wildman–Crippen LogP) is 4.11. The van der Waals surface area contributed by atoms with E-state index < -0.39 is 0 Å². The molecule has 1 saturated heterocycles. The van der Waals surface area contributed by atoms with E-state index in [1.165, 1.54) is 30.6 Å². The maximum absolute atomic E-state index is 12.1. The molecule has 0 bridgehead atoms. The Bertz CT molecular complexity index is 419. The smallest absolute Gasteiger partial charge is 0.179 e. The Morgan fingerprint density at radius 3 is 2.88 bits per heavy atom. The first-order chi connectivity index (χ1) is 8.08. The Hall–Kier alpha value is -0.0900. The molecule has 1 aliphatic rings. The quantitative estimate of drug-likeness (QED) is 0.781. The number of hydrogen-bond acceptors (Lipinski definition) is 3. The second-order valence-electron chi connectivity index (χ2n) is 4.48. The van der Waals surface area contributed by atoms with Crippen molar-refractivity contribution in [1.29, 1.82) is 0 Å². The van der Waals surface area contributed by atoms with Gasteiger partial charge >= 0.3 is 0 Å². The zero-order valence-corrected chi connectivity index (χ0v) is 12.0. The number of carbonyl (C=O) groups excluding carboxylic acids is 1. The van der Waals surface area contributed by atoms with Gasteiger partial charge in [-0.2, -0.15) is 0 Å². The molecule has 0 aliphatic carbocycles. The van der Waals surface area contributed by atoms with Crippen LogP contribution in [0.3, 0.4) is 0 Å². The summed E-state index contributed by atoms with van der Waals surface area (Å²) < 4.78 is 1.08. The molecular formula is C12H15Cl2NOS. The van der Waals surface area contributed by atoms with Gasteiger partial charge in [0.05, 0.1) is 16.4 Å². The Morgan fingerprint density at radius 1 is 1.53 bits per heavy atom. The fourth-order valence-electron chi connectivity index (χ4n) is 2.19. The van der Waals surface area contributed by atoms with Crippen molar-refractivity contribution in [2.75, 3.05) is 13.1 Å². The molecule has 94 valence electrons. The number of carbonyl (C=O) groups is 1. The molecule has 0 saturated carbocycles. The van der Waals surface area contributed by atoms with E-state index in [9.17, 15) is 4.79 Å². The van der Waals surface area contributed by atoms with Crippen molar-refractivity contribution in [3.8, 4) is 0 Å². The molecule has 5 heteroatoms. The van der Waals surface area contributed by atoms with Crippen LogP contribution in [0.5, 0.6) is 0 Å². The van der Waals surface area contributed by atoms with Crippen LogP contribution in [0.1, 0.15) is 36.5 Å². The van der Waals surface area contributed by atoms with E-state index in [0.717, 1.165) is 6.54 Å². The second kappa shape index (κ2) is 5.70. The largest absolute Gasteiger partial charge is 0.293 e. The molecule has 1 atom stereocenters. The third-order valence-electron chi connectivity index (χ3n) is 3.24. The number of thiophene rings is 1.